The number of carboxylic acids is 1. The van der Waals surface area contributed by atoms with E-state index in [9.17, 15) is 14.4 Å². The van der Waals surface area contributed by atoms with Crippen molar-refractivity contribution in [2.24, 2.45) is 21.1 Å². The minimum Gasteiger partial charge on any atom is -0.476 e. The molecule has 0 aliphatic carbocycles. The molecule has 3 rings (SSSR count). The number of rotatable bonds is 9. The molecule has 0 amide bonds. The number of esters is 2. The van der Waals surface area contributed by atoms with E-state index in [0.717, 1.165) is 16.5 Å². The van der Waals surface area contributed by atoms with Gasteiger partial charge in [0.15, 0.2) is 31.3 Å². The third kappa shape index (κ3) is 10.2. The van der Waals surface area contributed by atoms with E-state index in [1.807, 2.05) is 25.5 Å². The Bertz CT molecular complexity index is 1290. The van der Waals surface area contributed by atoms with Crippen molar-refractivity contribution in [1.29, 1.82) is 0 Å². The molecule has 0 aliphatic rings. The number of hydrogen-bond donors (Lipinski definition) is 1. The van der Waals surface area contributed by atoms with E-state index in [-0.39, 0.29) is 17.6 Å². The average Bonchev–Trinajstić information content (AvgIpc) is 3.50. The van der Waals surface area contributed by atoms with Gasteiger partial charge in [-0.2, -0.15) is 0 Å². The van der Waals surface area contributed by atoms with Gasteiger partial charge in [0.2, 0.25) is 0 Å². The number of carbonyl (C=O) groups is 3. The molecular weight excluding hydrogens is 760 g/mol. The smallest absolute Gasteiger partial charge is 0.359 e. The lowest BCUT2D eigenvalue weighted by atomic mass is 10.5. The van der Waals surface area contributed by atoms with Crippen LogP contribution in [-0.4, -0.2) is 76.4 Å². The van der Waals surface area contributed by atoms with E-state index in [0.29, 0.717) is 43.8 Å². The second-order valence-corrected chi connectivity index (χ2v) is 11.9. The van der Waals surface area contributed by atoms with Crippen LogP contribution >= 0.6 is 71.3 Å². The second-order valence-electron chi connectivity index (χ2n) is 7.31. The molecule has 12 nitrogen and oxygen atoms in total. The van der Waals surface area contributed by atoms with Crippen LogP contribution in [0.25, 0.3) is 0 Å². The van der Waals surface area contributed by atoms with Gasteiger partial charge in [-0.25, -0.2) is 29.3 Å². The Balaban J connectivity index is 0.000000302. The number of carboxylic acid groups (broad SMARTS) is 1. The Morgan fingerprint density at radius 3 is 1.62 bits per heavy atom. The highest BCUT2D eigenvalue weighted by Crippen LogP contribution is 2.26. The van der Waals surface area contributed by atoms with Crippen molar-refractivity contribution in [2.75, 3.05) is 24.7 Å². The first-order valence-electron chi connectivity index (χ1n) is 11.8. The number of halogens is 3. The molecular formula is C23H31Br3N6O6S2. The maximum atomic E-state index is 11.6. The average molecular weight is 791 g/mol. The molecule has 0 radical (unpaired) electrons. The number of aromatic nitrogens is 6. The van der Waals surface area contributed by atoms with Crippen LogP contribution in [0.4, 0.5) is 0 Å². The monoisotopic (exact) mass is 788 g/mol. The lowest BCUT2D eigenvalue weighted by Crippen LogP contribution is -2.07. The molecule has 0 saturated carbocycles. The SMILES string of the molecule is CCOC(=O)c1cn(C)c(Br)n1.CCOC(=O)c1nc(Br)n(C)c1SCC.CCSc1c(C(=O)O)nc(Br)n1C. The summed E-state index contributed by atoms with van der Waals surface area (Å²) in [6.07, 6.45) is 1.61. The number of aromatic carboxylic acids is 1. The van der Waals surface area contributed by atoms with Crippen molar-refractivity contribution in [1.82, 2.24) is 28.7 Å². The Hall–Kier alpha value is -1.82. The molecule has 17 heteroatoms. The lowest BCUT2D eigenvalue weighted by Gasteiger charge is -2.03. The fraction of sp³-hybridized carbons (Fsp3) is 0.478. The largest absolute Gasteiger partial charge is 0.476 e. The van der Waals surface area contributed by atoms with Gasteiger partial charge in [0.1, 0.15) is 10.1 Å². The molecule has 1 N–H and O–H groups in total. The topological polar surface area (TPSA) is 143 Å². The van der Waals surface area contributed by atoms with Gasteiger partial charge in [-0.05, 0) is 73.1 Å². The molecule has 0 aromatic carbocycles. The van der Waals surface area contributed by atoms with E-state index in [4.69, 9.17) is 14.6 Å². The summed E-state index contributed by atoms with van der Waals surface area (Å²) in [5.74, 6) is -0.0317. The number of aryl methyl sites for hydroxylation is 1. The Labute approximate surface area is 266 Å². The summed E-state index contributed by atoms with van der Waals surface area (Å²) >= 11 is 12.7. The highest BCUT2D eigenvalue weighted by Gasteiger charge is 2.21. The van der Waals surface area contributed by atoms with E-state index in [2.05, 4.69) is 62.7 Å². The number of carbonyl (C=O) groups excluding carboxylic acids is 2. The van der Waals surface area contributed by atoms with Crippen LogP contribution in [-0.2, 0) is 30.6 Å². The Morgan fingerprint density at radius 1 is 0.775 bits per heavy atom. The molecule has 3 aromatic heterocycles. The van der Waals surface area contributed by atoms with Gasteiger partial charge in [-0.15, -0.1) is 23.5 Å². The van der Waals surface area contributed by atoms with Crippen LogP contribution in [0.5, 0.6) is 0 Å². The first-order valence-corrected chi connectivity index (χ1v) is 16.2. The first kappa shape index (κ1) is 36.2. The first-order chi connectivity index (χ1) is 18.8. The zero-order valence-electron chi connectivity index (χ0n) is 23.0. The molecule has 0 spiro atoms. The van der Waals surface area contributed by atoms with Gasteiger partial charge in [-0.3, -0.25) is 0 Å². The number of nitrogens with zero attached hydrogens (tertiary/aromatic N) is 6. The number of hydrogen-bond acceptors (Lipinski definition) is 10. The third-order valence-electron chi connectivity index (χ3n) is 4.51. The predicted octanol–water partition coefficient (Wildman–Crippen LogP) is 5.82. The van der Waals surface area contributed by atoms with E-state index in [1.165, 1.54) is 11.8 Å². The fourth-order valence-corrected chi connectivity index (χ4v) is 5.62. The minimum absolute atomic E-state index is 0.112. The molecule has 0 atom stereocenters. The van der Waals surface area contributed by atoms with Crippen LogP contribution in [0.15, 0.2) is 30.4 Å². The van der Waals surface area contributed by atoms with Crippen molar-refractivity contribution in [3.8, 4) is 0 Å². The van der Waals surface area contributed by atoms with E-state index in [1.54, 1.807) is 55.0 Å². The number of imidazole rings is 3. The van der Waals surface area contributed by atoms with Crippen LogP contribution in [0.1, 0.15) is 59.2 Å². The van der Waals surface area contributed by atoms with Gasteiger partial charge in [0.25, 0.3) is 0 Å². The van der Waals surface area contributed by atoms with Crippen LogP contribution in [0, 0.1) is 0 Å². The molecule has 0 unspecified atom stereocenters. The standard InChI is InChI=1S/C9H13BrN2O2S.C7H9BrN2O2S.C7H9BrN2O2/c1-4-14-8(13)6-7(15-5-2)12(3)9(10)11-6;1-3-13-5-4(6(11)12)9-7(8)10(5)2;1-3-12-6(11)5-4-10(2)7(8)9-5/h4-5H2,1-3H3;3H2,1-2H3,(H,11,12);4H,3H2,1-2H3. The summed E-state index contributed by atoms with van der Waals surface area (Å²) in [6, 6.07) is 0. The maximum Gasteiger partial charge on any atom is 0.359 e. The van der Waals surface area contributed by atoms with Crippen LogP contribution in [0.3, 0.4) is 0 Å². The number of ether oxygens (including phenoxy) is 2. The normalized spacial score (nSPS) is 10.2. The van der Waals surface area contributed by atoms with Crippen molar-refractivity contribution in [3.63, 3.8) is 0 Å². The van der Waals surface area contributed by atoms with Gasteiger partial charge in [-0.1, -0.05) is 13.8 Å². The Kier molecular flexibility index (Phi) is 16.2. The summed E-state index contributed by atoms with van der Waals surface area (Å²) in [6.45, 7) is 8.27. The van der Waals surface area contributed by atoms with Gasteiger partial charge >= 0.3 is 17.9 Å². The predicted molar refractivity (Wildman–Crippen MR) is 164 cm³/mol. The molecule has 0 bridgehead atoms. The molecule has 0 saturated heterocycles. The molecule has 3 heterocycles. The maximum absolute atomic E-state index is 11.6. The van der Waals surface area contributed by atoms with Gasteiger partial charge in [0, 0.05) is 27.3 Å². The summed E-state index contributed by atoms with van der Waals surface area (Å²) in [5, 5.41) is 10.3. The van der Waals surface area contributed by atoms with Crippen molar-refractivity contribution in [2.45, 2.75) is 37.7 Å². The quantitative estimate of drug-likeness (QED) is 0.207. The van der Waals surface area contributed by atoms with Crippen LogP contribution < -0.4 is 0 Å². The van der Waals surface area contributed by atoms with Crippen LogP contribution in [0.2, 0.25) is 0 Å². The molecule has 222 valence electrons. The van der Waals surface area contributed by atoms with Crippen molar-refractivity contribution < 1.29 is 29.0 Å². The fourth-order valence-electron chi connectivity index (χ4n) is 2.74. The summed E-state index contributed by atoms with van der Waals surface area (Å²) < 4.78 is 16.7. The number of thioether (sulfide) groups is 2. The second kappa shape index (κ2) is 17.9. The lowest BCUT2D eigenvalue weighted by molar-refractivity contribution is 0.0508. The molecule has 0 fully saturated rings. The highest BCUT2D eigenvalue weighted by atomic mass is 79.9. The summed E-state index contributed by atoms with van der Waals surface area (Å²) in [7, 11) is 5.43. The van der Waals surface area contributed by atoms with Gasteiger partial charge < -0.3 is 28.3 Å². The minimum atomic E-state index is -0.989. The summed E-state index contributed by atoms with van der Waals surface area (Å²) in [5.41, 5.74) is 0.825. The van der Waals surface area contributed by atoms with Crippen molar-refractivity contribution in [3.05, 3.63) is 37.5 Å². The highest BCUT2D eigenvalue weighted by molar-refractivity contribution is 9.10. The molecule has 0 aliphatic heterocycles. The van der Waals surface area contributed by atoms with E-state index >= 15 is 0 Å². The molecule has 40 heavy (non-hydrogen) atoms. The Morgan fingerprint density at radius 2 is 1.23 bits per heavy atom. The van der Waals surface area contributed by atoms with Gasteiger partial charge in [0.05, 0.1) is 13.2 Å². The van der Waals surface area contributed by atoms with Crippen molar-refractivity contribution >= 4 is 89.2 Å². The zero-order chi connectivity index (χ0) is 30.6. The third-order valence-corrected chi connectivity index (χ3v) is 8.73. The summed E-state index contributed by atoms with van der Waals surface area (Å²) in [4.78, 5) is 45.4. The zero-order valence-corrected chi connectivity index (χ0v) is 29.4. The molecule has 3 aromatic rings. The van der Waals surface area contributed by atoms with E-state index < -0.39 is 5.97 Å².